The quantitative estimate of drug-likeness (QED) is 0.145. The maximum Gasteiger partial charge on any atom is 0.238 e. The van der Waals surface area contributed by atoms with Gasteiger partial charge in [-0.3, -0.25) is 4.57 Å². The molecular weight excluding hydrogens is 1010 g/mol. The van der Waals surface area contributed by atoms with E-state index in [2.05, 4.69) is 307 Å². The van der Waals surface area contributed by atoms with E-state index in [0.29, 0.717) is 17.6 Å². The smallest absolute Gasteiger partial charge is 0.238 e. The summed E-state index contributed by atoms with van der Waals surface area (Å²) in [5.41, 5.74) is 22.1. The summed E-state index contributed by atoms with van der Waals surface area (Å²) in [5.74, 6) is 1.74. The molecule has 6 nitrogen and oxygen atoms in total. The SMILES string of the molecule is Cc1ccc(-c2nc(-c3ccc(C)cc3)nc(-n3c4cc(-n5c6ccc(-c7ccccc7)cc6c6cc(-c7ccccc7)ccc65)ccc4c4ccc(-n5c6ccc(-c7ccccc7)cc6c6cc(-c7ccccc7)ccc65)cc43)n2)cc1. The van der Waals surface area contributed by atoms with Gasteiger partial charge >= 0.3 is 0 Å². The van der Waals surface area contributed by atoms with Gasteiger partial charge in [-0.05, 0) is 131 Å². The Labute approximate surface area is 480 Å². The number of fused-ring (bicyclic) bond motifs is 9. The van der Waals surface area contributed by atoms with Gasteiger partial charge in [0.1, 0.15) is 0 Å². The molecule has 0 saturated heterocycles. The molecule has 0 fully saturated rings. The van der Waals surface area contributed by atoms with Gasteiger partial charge in [0.05, 0.1) is 33.1 Å². The predicted octanol–water partition coefficient (Wildman–Crippen LogP) is 19.8. The Kier molecular flexibility index (Phi) is 11.2. The Morgan fingerprint density at radius 1 is 0.217 bits per heavy atom. The Bertz CT molecular complexity index is 4660. The minimum atomic E-state index is 0.532. The predicted molar refractivity (Wildman–Crippen MR) is 345 cm³/mol. The lowest BCUT2D eigenvalue weighted by Crippen LogP contribution is -2.07. The third-order valence-corrected chi connectivity index (χ3v) is 16.7. The van der Waals surface area contributed by atoms with Crippen LogP contribution in [-0.4, -0.2) is 28.7 Å². The van der Waals surface area contributed by atoms with Crippen molar-refractivity contribution in [3.05, 3.63) is 290 Å². The van der Waals surface area contributed by atoms with Crippen LogP contribution < -0.4 is 0 Å². The largest absolute Gasteiger partial charge is 0.309 e. The van der Waals surface area contributed by atoms with E-state index in [-0.39, 0.29) is 0 Å². The highest BCUT2D eigenvalue weighted by Crippen LogP contribution is 2.43. The number of aryl methyl sites for hydroxylation is 2. The molecular formula is C77H52N6. The molecule has 0 aliphatic rings. The van der Waals surface area contributed by atoms with Crippen LogP contribution in [0.1, 0.15) is 11.1 Å². The van der Waals surface area contributed by atoms with Crippen LogP contribution in [0.2, 0.25) is 0 Å². The molecule has 4 aromatic heterocycles. The van der Waals surface area contributed by atoms with Gasteiger partial charge in [-0.2, -0.15) is 9.97 Å². The number of nitrogens with zero attached hydrogens (tertiary/aromatic N) is 6. The van der Waals surface area contributed by atoms with Gasteiger partial charge in [0, 0.05) is 54.8 Å². The van der Waals surface area contributed by atoms with E-state index in [1.54, 1.807) is 0 Å². The van der Waals surface area contributed by atoms with E-state index in [0.717, 1.165) is 66.4 Å². The van der Waals surface area contributed by atoms with Crippen LogP contribution in [-0.2, 0) is 0 Å². The molecule has 16 rings (SSSR count). The molecule has 0 atom stereocenters. The molecule has 16 aromatic rings. The van der Waals surface area contributed by atoms with E-state index in [1.165, 1.54) is 77.2 Å². The second-order valence-electron chi connectivity index (χ2n) is 21.8. The zero-order chi connectivity index (χ0) is 55.1. The first-order valence-electron chi connectivity index (χ1n) is 28.3. The standard InChI is InChI=1S/C77H52N6/c1-49-23-27-55(28-24-49)75-78-76(56-29-25-50(2)26-30-56)80-77(79-75)83-73-47-61(81-69-39-31-57(51-15-7-3-8-16-51)43-65(69)66-44-58(32-40-70(66)81)52-17-9-4-10-18-52)35-37-63(73)64-38-36-62(48-74(64)83)82-71-41-33-59(53-19-11-5-12-20-53)45-67(71)68-46-60(34-42-72(68)82)54-21-13-6-14-22-54/h3-48H,1-2H3. The average molecular weight is 1060 g/mol. The maximum absolute atomic E-state index is 5.48. The van der Waals surface area contributed by atoms with Gasteiger partial charge in [0.15, 0.2) is 11.6 Å². The third-order valence-electron chi connectivity index (χ3n) is 16.7. The van der Waals surface area contributed by atoms with Crippen molar-refractivity contribution in [3.8, 4) is 84.6 Å². The second-order valence-corrected chi connectivity index (χ2v) is 21.8. The van der Waals surface area contributed by atoms with Crippen LogP contribution in [0.15, 0.2) is 279 Å². The van der Waals surface area contributed by atoms with Gasteiger partial charge in [-0.1, -0.05) is 217 Å². The molecule has 0 aliphatic carbocycles. The summed E-state index contributed by atoms with van der Waals surface area (Å²) < 4.78 is 7.13. The van der Waals surface area contributed by atoms with Crippen LogP contribution in [0.4, 0.5) is 0 Å². The zero-order valence-corrected chi connectivity index (χ0v) is 45.7. The fraction of sp³-hybridized carbons (Fsp3) is 0.0260. The zero-order valence-electron chi connectivity index (χ0n) is 45.7. The van der Waals surface area contributed by atoms with Gasteiger partial charge < -0.3 is 9.13 Å². The summed E-state index contributed by atoms with van der Waals surface area (Å²) in [6.45, 7) is 4.22. The van der Waals surface area contributed by atoms with Crippen molar-refractivity contribution in [2.45, 2.75) is 13.8 Å². The van der Waals surface area contributed by atoms with Crippen LogP contribution in [0.5, 0.6) is 0 Å². The van der Waals surface area contributed by atoms with Crippen LogP contribution in [0.25, 0.3) is 150 Å². The summed E-state index contributed by atoms with van der Waals surface area (Å²) in [6, 6.07) is 101. The Hall–Kier alpha value is -11.0. The van der Waals surface area contributed by atoms with Gasteiger partial charge in [-0.15, -0.1) is 0 Å². The molecule has 0 amide bonds. The van der Waals surface area contributed by atoms with Crippen molar-refractivity contribution in [2.24, 2.45) is 0 Å². The molecule has 390 valence electrons. The van der Waals surface area contributed by atoms with E-state index < -0.39 is 0 Å². The third kappa shape index (κ3) is 8.22. The van der Waals surface area contributed by atoms with Crippen LogP contribution >= 0.6 is 0 Å². The Balaban J connectivity index is 0.972. The number of hydrogen-bond donors (Lipinski definition) is 0. The topological polar surface area (TPSA) is 53.5 Å². The minimum Gasteiger partial charge on any atom is -0.309 e. The summed E-state index contributed by atoms with van der Waals surface area (Å²) in [6.07, 6.45) is 0. The van der Waals surface area contributed by atoms with Crippen molar-refractivity contribution >= 4 is 65.4 Å². The van der Waals surface area contributed by atoms with Crippen molar-refractivity contribution in [2.75, 3.05) is 0 Å². The normalized spacial score (nSPS) is 11.7. The highest BCUT2D eigenvalue weighted by atomic mass is 15.2. The molecule has 0 radical (unpaired) electrons. The lowest BCUT2D eigenvalue weighted by Gasteiger charge is -2.13. The van der Waals surface area contributed by atoms with E-state index in [1.807, 2.05) is 0 Å². The molecule has 6 heteroatoms. The first-order chi connectivity index (χ1) is 40.9. The summed E-state index contributed by atoms with van der Waals surface area (Å²) in [4.78, 5) is 16.2. The Morgan fingerprint density at radius 3 is 0.831 bits per heavy atom. The highest BCUT2D eigenvalue weighted by molar-refractivity contribution is 6.15. The monoisotopic (exact) mass is 1060 g/mol. The molecule has 0 N–H and O–H groups in total. The first kappa shape index (κ1) is 48.0. The molecule has 0 unspecified atom stereocenters. The van der Waals surface area contributed by atoms with Crippen LogP contribution in [0.3, 0.4) is 0 Å². The number of benzene rings is 12. The fourth-order valence-corrected chi connectivity index (χ4v) is 12.5. The second kappa shape index (κ2) is 19.4. The lowest BCUT2D eigenvalue weighted by molar-refractivity contribution is 0.952. The van der Waals surface area contributed by atoms with Crippen molar-refractivity contribution in [1.29, 1.82) is 0 Å². The molecule has 0 aliphatic heterocycles. The van der Waals surface area contributed by atoms with Crippen molar-refractivity contribution in [1.82, 2.24) is 28.7 Å². The molecule has 4 heterocycles. The highest BCUT2D eigenvalue weighted by Gasteiger charge is 2.23. The van der Waals surface area contributed by atoms with E-state index in [9.17, 15) is 0 Å². The Morgan fingerprint density at radius 2 is 0.518 bits per heavy atom. The average Bonchev–Trinajstić information content (AvgIpc) is 4.36. The summed E-state index contributed by atoms with van der Waals surface area (Å²) in [5, 5.41) is 6.92. The molecule has 83 heavy (non-hydrogen) atoms. The van der Waals surface area contributed by atoms with Crippen LogP contribution in [0, 0.1) is 13.8 Å². The molecule has 0 saturated carbocycles. The lowest BCUT2D eigenvalue weighted by atomic mass is 10.0. The summed E-state index contributed by atoms with van der Waals surface area (Å²) >= 11 is 0. The number of hydrogen-bond acceptors (Lipinski definition) is 3. The van der Waals surface area contributed by atoms with Gasteiger partial charge in [-0.25, -0.2) is 4.98 Å². The van der Waals surface area contributed by atoms with Gasteiger partial charge in [0.25, 0.3) is 0 Å². The molecule has 0 bridgehead atoms. The molecule has 12 aromatic carbocycles. The number of rotatable bonds is 9. The summed E-state index contributed by atoms with van der Waals surface area (Å²) in [7, 11) is 0. The van der Waals surface area contributed by atoms with Gasteiger partial charge in [0.2, 0.25) is 5.95 Å². The molecule has 0 spiro atoms. The minimum absolute atomic E-state index is 0.532. The number of aromatic nitrogens is 6. The van der Waals surface area contributed by atoms with E-state index in [4.69, 9.17) is 15.0 Å². The van der Waals surface area contributed by atoms with Crippen molar-refractivity contribution in [3.63, 3.8) is 0 Å². The first-order valence-corrected chi connectivity index (χ1v) is 28.3. The van der Waals surface area contributed by atoms with Crippen molar-refractivity contribution < 1.29 is 0 Å². The fourth-order valence-electron chi connectivity index (χ4n) is 12.5. The maximum atomic E-state index is 5.48. The van der Waals surface area contributed by atoms with E-state index >= 15 is 0 Å².